The normalized spacial score (nSPS) is 11.7. The number of nitrogens with zero attached hydrogens (tertiary/aromatic N) is 2. The summed E-state index contributed by atoms with van der Waals surface area (Å²) in [6, 6.07) is 15.1. The maximum Gasteiger partial charge on any atom is 0.267 e. The van der Waals surface area contributed by atoms with Gasteiger partial charge in [-0.25, -0.2) is 0 Å². The van der Waals surface area contributed by atoms with E-state index in [2.05, 4.69) is 15.5 Å². The van der Waals surface area contributed by atoms with E-state index in [1.807, 2.05) is 38.1 Å². The maximum atomic E-state index is 12.5. The van der Waals surface area contributed by atoms with Crippen molar-refractivity contribution in [3.8, 4) is 22.1 Å². The van der Waals surface area contributed by atoms with Crippen LogP contribution in [0.2, 0.25) is 0 Å². The standard InChI is InChI=1S/C20H21N3O3S/c1-4-17(26-16-11-9-15(25-3)10-12-16)18(24)21-20-23-22-19(27-20)14-7-5-13(2)6-8-14/h5-12,17H,4H2,1-3H3,(H,21,23,24). The van der Waals surface area contributed by atoms with Gasteiger partial charge in [0.15, 0.2) is 6.10 Å². The molecular formula is C20H21N3O3S. The van der Waals surface area contributed by atoms with Crippen LogP contribution in [0.5, 0.6) is 11.5 Å². The molecule has 2 aromatic carbocycles. The van der Waals surface area contributed by atoms with Gasteiger partial charge in [-0.05, 0) is 37.6 Å². The summed E-state index contributed by atoms with van der Waals surface area (Å²) in [7, 11) is 1.60. The fourth-order valence-electron chi connectivity index (χ4n) is 2.41. The predicted octanol–water partition coefficient (Wildman–Crippen LogP) is 4.32. The molecule has 6 nitrogen and oxygen atoms in total. The van der Waals surface area contributed by atoms with Crippen molar-refractivity contribution >= 4 is 22.4 Å². The molecule has 0 bridgehead atoms. The van der Waals surface area contributed by atoms with Gasteiger partial charge in [-0.3, -0.25) is 10.1 Å². The van der Waals surface area contributed by atoms with Gasteiger partial charge in [-0.2, -0.15) is 0 Å². The number of aryl methyl sites for hydroxylation is 1. The monoisotopic (exact) mass is 383 g/mol. The van der Waals surface area contributed by atoms with Crippen LogP contribution in [0.15, 0.2) is 48.5 Å². The van der Waals surface area contributed by atoms with E-state index in [9.17, 15) is 4.79 Å². The van der Waals surface area contributed by atoms with Crippen LogP contribution in [-0.2, 0) is 4.79 Å². The first kappa shape index (κ1) is 18.8. The molecule has 0 radical (unpaired) electrons. The molecule has 0 saturated carbocycles. The quantitative estimate of drug-likeness (QED) is 0.658. The molecule has 0 aliphatic rings. The number of nitrogens with one attached hydrogen (secondary N) is 1. The van der Waals surface area contributed by atoms with Crippen molar-refractivity contribution in [3.63, 3.8) is 0 Å². The highest BCUT2D eigenvalue weighted by molar-refractivity contribution is 7.18. The number of aromatic nitrogens is 2. The van der Waals surface area contributed by atoms with E-state index in [0.717, 1.165) is 16.3 Å². The number of benzene rings is 2. The van der Waals surface area contributed by atoms with Crippen LogP contribution in [0.25, 0.3) is 10.6 Å². The number of hydrogen-bond acceptors (Lipinski definition) is 6. The SMILES string of the molecule is CCC(Oc1ccc(OC)cc1)C(=O)Nc1nnc(-c2ccc(C)cc2)s1. The second-order valence-corrected chi connectivity index (χ2v) is 6.94. The van der Waals surface area contributed by atoms with Crippen LogP contribution in [0.3, 0.4) is 0 Å². The van der Waals surface area contributed by atoms with Crippen LogP contribution in [0.4, 0.5) is 5.13 Å². The summed E-state index contributed by atoms with van der Waals surface area (Å²) < 4.78 is 10.9. The molecule has 1 N–H and O–H groups in total. The number of carbonyl (C=O) groups excluding carboxylic acids is 1. The number of methoxy groups -OCH3 is 1. The van der Waals surface area contributed by atoms with E-state index in [0.29, 0.717) is 17.3 Å². The molecule has 0 fully saturated rings. The van der Waals surface area contributed by atoms with Gasteiger partial charge in [0.2, 0.25) is 5.13 Å². The number of rotatable bonds is 7. The first-order chi connectivity index (χ1) is 13.1. The Morgan fingerprint density at radius 2 is 1.74 bits per heavy atom. The lowest BCUT2D eigenvalue weighted by atomic mass is 10.2. The van der Waals surface area contributed by atoms with Gasteiger partial charge in [-0.15, -0.1) is 10.2 Å². The summed E-state index contributed by atoms with van der Waals surface area (Å²) in [4.78, 5) is 12.5. The molecule has 7 heteroatoms. The molecule has 1 amide bonds. The average Bonchev–Trinajstić information content (AvgIpc) is 3.15. The highest BCUT2D eigenvalue weighted by Crippen LogP contribution is 2.27. The molecule has 0 saturated heterocycles. The first-order valence-corrected chi connectivity index (χ1v) is 9.43. The van der Waals surface area contributed by atoms with Gasteiger partial charge in [0.25, 0.3) is 5.91 Å². The van der Waals surface area contributed by atoms with Crippen molar-refractivity contribution < 1.29 is 14.3 Å². The van der Waals surface area contributed by atoms with Crippen molar-refractivity contribution in [2.24, 2.45) is 0 Å². The topological polar surface area (TPSA) is 73.3 Å². The van der Waals surface area contributed by atoms with E-state index in [4.69, 9.17) is 9.47 Å². The van der Waals surface area contributed by atoms with Gasteiger partial charge in [0, 0.05) is 5.56 Å². The van der Waals surface area contributed by atoms with Gasteiger partial charge in [-0.1, -0.05) is 48.1 Å². The Hall–Kier alpha value is -2.93. The highest BCUT2D eigenvalue weighted by Gasteiger charge is 2.20. The average molecular weight is 383 g/mol. The number of amides is 1. The third-order valence-corrected chi connectivity index (χ3v) is 4.84. The van der Waals surface area contributed by atoms with Crippen molar-refractivity contribution in [3.05, 3.63) is 54.1 Å². The van der Waals surface area contributed by atoms with Crippen LogP contribution in [-0.4, -0.2) is 29.3 Å². The maximum absolute atomic E-state index is 12.5. The molecule has 0 aliphatic heterocycles. The van der Waals surface area contributed by atoms with Gasteiger partial charge < -0.3 is 9.47 Å². The Morgan fingerprint density at radius 1 is 1.07 bits per heavy atom. The third kappa shape index (κ3) is 4.83. The second-order valence-electron chi connectivity index (χ2n) is 5.96. The molecule has 1 heterocycles. The van der Waals surface area contributed by atoms with Crippen LogP contribution >= 0.6 is 11.3 Å². The molecule has 140 valence electrons. The minimum Gasteiger partial charge on any atom is -0.497 e. The Labute approximate surface area is 162 Å². The van der Waals surface area contributed by atoms with Crippen LogP contribution < -0.4 is 14.8 Å². The molecule has 3 aromatic rings. The molecule has 0 aliphatic carbocycles. The number of anilines is 1. The highest BCUT2D eigenvalue weighted by atomic mass is 32.1. The predicted molar refractivity (Wildman–Crippen MR) is 106 cm³/mol. The van der Waals surface area contributed by atoms with E-state index in [-0.39, 0.29) is 5.91 Å². The lowest BCUT2D eigenvalue weighted by Crippen LogP contribution is -2.32. The molecule has 1 atom stereocenters. The minimum absolute atomic E-state index is 0.250. The van der Waals surface area contributed by atoms with Crippen molar-refractivity contribution in [2.45, 2.75) is 26.4 Å². The fourth-order valence-corrected chi connectivity index (χ4v) is 3.17. The first-order valence-electron chi connectivity index (χ1n) is 8.61. The van der Waals surface area contributed by atoms with Crippen LogP contribution in [0.1, 0.15) is 18.9 Å². The fraction of sp³-hybridized carbons (Fsp3) is 0.250. The Balaban J connectivity index is 1.65. The van der Waals surface area contributed by atoms with E-state index in [1.54, 1.807) is 31.4 Å². The number of carbonyl (C=O) groups is 1. The zero-order chi connectivity index (χ0) is 19.2. The van der Waals surface area contributed by atoms with Gasteiger partial charge in [0.05, 0.1) is 7.11 Å². The number of hydrogen-bond donors (Lipinski definition) is 1. The molecule has 0 spiro atoms. The Kier molecular flexibility index (Phi) is 6.03. The van der Waals surface area contributed by atoms with E-state index < -0.39 is 6.10 Å². The van der Waals surface area contributed by atoms with Crippen molar-refractivity contribution in [1.29, 1.82) is 0 Å². The molecule has 27 heavy (non-hydrogen) atoms. The zero-order valence-electron chi connectivity index (χ0n) is 15.4. The molecule has 1 unspecified atom stereocenters. The minimum atomic E-state index is -0.620. The van der Waals surface area contributed by atoms with E-state index >= 15 is 0 Å². The Morgan fingerprint density at radius 3 is 2.37 bits per heavy atom. The lowest BCUT2D eigenvalue weighted by molar-refractivity contribution is -0.122. The Bertz CT molecular complexity index is 892. The van der Waals surface area contributed by atoms with Gasteiger partial charge in [0.1, 0.15) is 16.5 Å². The second kappa shape index (κ2) is 8.64. The summed E-state index contributed by atoms with van der Waals surface area (Å²) >= 11 is 1.33. The number of ether oxygens (including phenoxy) is 2. The molecule has 1 aromatic heterocycles. The molecular weight excluding hydrogens is 362 g/mol. The smallest absolute Gasteiger partial charge is 0.267 e. The van der Waals surface area contributed by atoms with Gasteiger partial charge >= 0.3 is 0 Å². The van der Waals surface area contributed by atoms with Crippen LogP contribution in [0, 0.1) is 6.92 Å². The summed E-state index contributed by atoms with van der Waals surface area (Å²) in [6.07, 6.45) is -0.0910. The largest absolute Gasteiger partial charge is 0.497 e. The summed E-state index contributed by atoms with van der Waals surface area (Å²) in [5, 5.41) is 12.2. The van der Waals surface area contributed by atoms with Crippen molar-refractivity contribution in [2.75, 3.05) is 12.4 Å². The lowest BCUT2D eigenvalue weighted by Gasteiger charge is -2.16. The summed E-state index contributed by atoms with van der Waals surface area (Å²) in [5.41, 5.74) is 2.15. The third-order valence-electron chi connectivity index (χ3n) is 3.95. The molecule has 3 rings (SSSR count). The van der Waals surface area contributed by atoms with Crippen molar-refractivity contribution in [1.82, 2.24) is 10.2 Å². The zero-order valence-corrected chi connectivity index (χ0v) is 16.2. The summed E-state index contributed by atoms with van der Waals surface area (Å²) in [5.74, 6) is 1.09. The summed E-state index contributed by atoms with van der Waals surface area (Å²) in [6.45, 7) is 3.93. The van der Waals surface area contributed by atoms with E-state index in [1.165, 1.54) is 16.9 Å².